The first-order valence-corrected chi connectivity index (χ1v) is 7.47. The fraction of sp³-hybridized carbons (Fsp3) is 0.133. The highest BCUT2D eigenvalue weighted by atomic mass is 79.9. The Morgan fingerprint density at radius 3 is 2.53 bits per heavy atom. The maximum absolute atomic E-state index is 7.47. The number of nitrogens with one attached hydrogen (secondary N) is 1. The first-order chi connectivity index (χ1) is 8.97. The van der Waals surface area contributed by atoms with Crippen LogP contribution in [0.1, 0.15) is 16.7 Å². The third kappa shape index (κ3) is 3.39. The van der Waals surface area contributed by atoms with Crippen LogP contribution in [0.3, 0.4) is 0 Å². The van der Waals surface area contributed by atoms with E-state index in [2.05, 4.69) is 48.0 Å². The Morgan fingerprint density at radius 2 is 1.89 bits per heavy atom. The molecule has 0 saturated heterocycles. The van der Waals surface area contributed by atoms with Crippen LogP contribution < -0.4 is 5.73 Å². The van der Waals surface area contributed by atoms with Crippen molar-refractivity contribution >= 4 is 33.5 Å². The van der Waals surface area contributed by atoms with Gasteiger partial charge in [0.15, 0.2) is 0 Å². The van der Waals surface area contributed by atoms with Crippen LogP contribution in [0.5, 0.6) is 0 Å². The zero-order valence-electron chi connectivity index (χ0n) is 10.8. The van der Waals surface area contributed by atoms with Gasteiger partial charge in [0.2, 0.25) is 0 Å². The van der Waals surface area contributed by atoms with Crippen LogP contribution in [0.25, 0.3) is 0 Å². The minimum atomic E-state index is 0.0789. The summed E-state index contributed by atoms with van der Waals surface area (Å²) >= 11 is 5.18. The van der Waals surface area contributed by atoms with E-state index in [1.165, 1.54) is 16.0 Å². The second-order valence-electron chi connectivity index (χ2n) is 4.43. The lowest BCUT2D eigenvalue weighted by molar-refractivity contribution is 1.25. The molecular formula is C15H15BrN2S. The topological polar surface area (TPSA) is 49.9 Å². The Labute approximate surface area is 126 Å². The lowest BCUT2D eigenvalue weighted by Crippen LogP contribution is -2.11. The van der Waals surface area contributed by atoms with Crippen molar-refractivity contribution in [2.45, 2.75) is 23.6 Å². The van der Waals surface area contributed by atoms with Crippen LogP contribution in [-0.2, 0) is 0 Å². The molecule has 0 heterocycles. The molecule has 0 saturated carbocycles. The second-order valence-corrected chi connectivity index (χ2v) is 6.40. The molecule has 0 aromatic heterocycles. The van der Waals surface area contributed by atoms with Crippen molar-refractivity contribution in [2.24, 2.45) is 5.73 Å². The van der Waals surface area contributed by atoms with Gasteiger partial charge in [-0.15, -0.1) is 0 Å². The van der Waals surface area contributed by atoms with Gasteiger partial charge in [0.05, 0.1) is 0 Å². The van der Waals surface area contributed by atoms with Crippen LogP contribution in [0.15, 0.2) is 50.7 Å². The molecule has 2 nitrogen and oxygen atoms in total. The normalized spacial score (nSPS) is 10.5. The predicted octanol–water partition coefficient (Wildman–Crippen LogP) is 4.50. The summed E-state index contributed by atoms with van der Waals surface area (Å²) in [4.78, 5) is 2.38. The Bertz CT molecular complexity index is 638. The molecule has 3 N–H and O–H groups in total. The summed E-state index contributed by atoms with van der Waals surface area (Å²) in [5.41, 5.74) is 8.76. The van der Waals surface area contributed by atoms with Crippen molar-refractivity contribution < 1.29 is 0 Å². The highest BCUT2D eigenvalue weighted by molar-refractivity contribution is 9.10. The molecule has 98 valence electrons. The average Bonchev–Trinajstić information content (AvgIpc) is 2.33. The minimum Gasteiger partial charge on any atom is -0.384 e. The minimum absolute atomic E-state index is 0.0789. The number of aryl methyl sites for hydroxylation is 2. The van der Waals surface area contributed by atoms with Gasteiger partial charge in [-0.1, -0.05) is 23.9 Å². The van der Waals surface area contributed by atoms with Crippen molar-refractivity contribution in [3.05, 3.63) is 57.6 Å². The maximum Gasteiger partial charge on any atom is 0.123 e. The highest BCUT2D eigenvalue weighted by Gasteiger charge is 2.06. The van der Waals surface area contributed by atoms with Gasteiger partial charge >= 0.3 is 0 Å². The summed E-state index contributed by atoms with van der Waals surface area (Å²) in [6.45, 7) is 4.21. The number of hydrogen-bond donors (Lipinski definition) is 2. The summed E-state index contributed by atoms with van der Waals surface area (Å²) in [5, 5.41) is 7.47. The molecule has 0 unspecified atom stereocenters. The number of halogens is 1. The SMILES string of the molecule is Cc1ccc(C)c(Sc2ccc(C(=N)N)c(Br)c2)c1. The molecule has 4 heteroatoms. The molecule has 0 radical (unpaired) electrons. The maximum atomic E-state index is 7.47. The molecule has 0 spiro atoms. The monoisotopic (exact) mass is 334 g/mol. The molecule has 0 bridgehead atoms. The average molecular weight is 335 g/mol. The lowest BCUT2D eigenvalue weighted by atomic mass is 10.2. The number of hydrogen-bond acceptors (Lipinski definition) is 2. The van der Waals surface area contributed by atoms with E-state index in [1.54, 1.807) is 11.8 Å². The molecular weight excluding hydrogens is 320 g/mol. The van der Waals surface area contributed by atoms with E-state index in [0.29, 0.717) is 0 Å². The van der Waals surface area contributed by atoms with E-state index in [1.807, 2.05) is 18.2 Å². The van der Waals surface area contributed by atoms with Gasteiger partial charge in [0.25, 0.3) is 0 Å². The molecule has 0 atom stereocenters. The predicted molar refractivity (Wildman–Crippen MR) is 85.2 cm³/mol. The van der Waals surface area contributed by atoms with E-state index >= 15 is 0 Å². The quantitative estimate of drug-likeness (QED) is 0.641. The van der Waals surface area contributed by atoms with Gasteiger partial charge in [-0.05, 0) is 65.2 Å². The number of rotatable bonds is 3. The molecule has 0 aliphatic heterocycles. The summed E-state index contributed by atoms with van der Waals surface area (Å²) < 4.78 is 0.857. The largest absolute Gasteiger partial charge is 0.384 e. The van der Waals surface area contributed by atoms with Crippen molar-refractivity contribution in [3.63, 3.8) is 0 Å². The standard InChI is InChI=1S/C15H15BrN2S/c1-9-3-4-10(2)14(7-9)19-11-5-6-12(15(17)18)13(16)8-11/h3-8H,1-2H3,(H3,17,18). The third-order valence-electron chi connectivity index (χ3n) is 2.80. The first-order valence-electron chi connectivity index (χ1n) is 5.86. The number of benzene rings is 2. The van der Waals surface area contributed by atoms with Crippen LogP contribution in [0.4, 0.5) is 0 Å². The number of nitrogens with two attached hydrogens (primary N) is 1. The first kappa shape index (κ1) is 14.2. The van der Waals surface area contributed by atoms with E-state index < -0.39 is 0 Å². The van der Waals surface area contributed by atoms with E-state index in [4.69, 9.17) is 11.1 Å². The smallest absolute Gasteiger partial charge is 0.123 e. The molecule has 0 amide bonds. The van der Waals surface area contributed by atoms with Crippen molar-refractivity contribution in [2.75, 3.05) is 0 Å². The molecule has 2 aromatic rings. The summed E-state index contributed by atoms with van der Waals surface area (Å²) in [5.74, 6) is 0.0789. The zero-order chi connectivity index (χ0) is 14.0. The summed E-state index contributed by atoms with van der Waals surface area (Å²) in [6.07, 6.45) is 0. The number of nitrogen functional groups attached to an aromatic ring is 1. The van der Waals surface area contributed by atoms with Gasteiger partial charge in [0, 0.05) is 19.8 Å². The lowest BCUT2D eigenvalue weighted by Gasteiger charge is -2.09. The van der Waals surface area contributed by atoms with E-state index in [9.17, 15) is 0 Å². The molecule has 19 heavy (non-hydrogen) atoms. The Balaban J connectivity index is 2.31. The van der Waals surface area contributed by atoms with E-state index in [-0.39, 0.29) is 5.84 Å². The molecule has 0 aliphatic rings. The van der Waals surface area contributed by atoms with Crippen molar-refractivity contribution in [3.8, 4) is 0 Å². The summed E-state index contributed by atoms with van der Waals surface area (Å²) in [7, 11) is 0. The van der Waals surface area contributed by atoms with Gasteiger partial charge < -0.3 is 5.73 Å². The molecule has 0 fully saturated rings. The number of amidine groups is 1. The fourth-order valence-electron chi connectivity index (χ4n) is 1.72. The van der Waals surface area contributed by atoms with Crippen LogP contribution >= 0.6 is 27.7 Å². The van der Waals surface area contributed by atoms with Gasteiger partial charge in [0.1, 0.15) is 5.84 Å². The van der Waals surface area contributed by atoms with Gasteiger partial charge in [-0.3, -0.25) is 5.41 Å². The second kappa shape index (κ2) is 5.80. The van der Waals surface area contributed by atoms with Crippen LogP contribution in [-0.4, -0.2) is 5.84 Å². The van der Waals surface area contributed by atoms with Gasteiger partial charge in [-0.2, -0.15) is 0 Å². The van der Waals surface area contributed by atoms with Crippen LogP contribution in [0.2, 0.25) is 0 Å². The third-order valence-corrected chi connectivity index (χ3v) is 4.61. The highest BCUT2D eigenvalue weighted by Crippen LogP contribution is 2.33. The Kier molecular flexibility index (Phi) is 4.32. The van der Waals surface area contributed by atoms with Crippen molar-refractivity contribution in [1.82, 2.24) is 0 Å². The Hall–Kier alpha value is -1.26. The molecule has 2 aromatic carbocycles. The zero-order valence-corrected chi connectivity index (χ0v) is 13.2. The molecule has 0 aliphatic carbocycles. The van der Waals surface area contributed by atoms with Crippen LogP contribution in [0, 0.1) is 19.3 Å². The molecule has 2 rings (SSSR count). The van der Waals surface area contributed by atoms with Gasteiger partial charge in [-0.25, -0.2) is 0 Å². The summed E-state index contributed by atoms with van der Waals surface area (Å²) in [6, 6.07) is 12.3. The Morgan fingerprint density at radius 1 is 1.16 bits per heavy atom. The van der Waals surface area contributed by atoms with E-state index in [0.717, 1.165) is 14.9 Å². The fourth-order valence-corrected chi connectivity index (χ4v) is 3.51. The van der Waals surface area contributed by atoms with Crippen molar-refractivity contribution in [1.29, 1.82) is 5.41 Å².